The Morgan fingerprint density at radius 3 is 2.24 bits per heavy atom. The van der Waals surface area contributed by atoms with E-state index in [0.717, 1.165) is 22.3 Å². The molecule has 6 nitrogen and oxygen atoms in total. The molecule has 174 valence electrons. The lowest BCUT2D eigenvalue weighted by Gasteiger charge is -2.15. The van der Waals surface area contributed by atoms with Crippen LogP contribution < -0.4 is 5.32 Å². The number of benzene rings is 3. The molecule has 3 aromatic carbocycles. The molecule has 0 saturated heterocycles. The maximum atomic E-state index is 13.3. The summed E-state index contributed by atoms with van der Waals surface area (Å²) in [4.78, 5) is 13.6. The van der Waals surface area contributed by atoms with E-state index in [-0.39, 0.29) is 16.8 Å². The summed E-state index contributed by atoms with van der Waals surface area (Å²) >= 11 is 0. The molecule has 1 atom stereocenters. The number of aromatic nitrogens is 2. The van der Waals surface area contributed by atoms with Gasteiger partial charge < -0.3 is 5.32 Å². The highest BCUT2D eigenvalue weighted by Gasteiger charge is 2.20. The van der Waals surface area contributed by atoms with Crippen molar-refractivity contribution < 1.29 is 13.2 Å². The molecule has 4 rings (SSSR count). The van der Waals surface area contributed by atoms with Crippen LogP contribution in [0.4, 0.5) is 0 Å². The Morgan fingerprint density at radius 1 is 0.971 bits per heavy atom. The second kappa shape index (κ2) is 9.65. The van der Waals surface area contributed by atoms with Gasteiger partial charge in [0.2, 0.25) is 0 Å². The summed E-state index contributed by atoms with van der Waals surface area (Å²) in [5.41, 5.74) is 5.01. The van der Waals surface area contributed by atoms with Gasteiger partial charge in [-0.25, -0.2) is 8.42 Å². The van der Waals surface area contributed by atoms with Crippen molar-refractivity contribution in [2.24, 2.45) is 0 Å². The van der Waals surface area contributed by atoms with Crippen molar-refractivity contribution >= 4 is 15.7 Å². The van der Waals surface area contributed by atoms with Gasteiger partial charge in [-0.1, -0.05) is 72.3 Å². The van der Waals surface area contributed by atoms with Crippen LogP contribution in [0.1, 0.15) is 40.0 Å². The van der Waals surface area contributed by atoms with Crippen LogP contribution in [-0.4, -0.2) is 30.4 Å². The van der Waals surface area contributed by atoms with Crippen molar-refractivity contribution in [2.45, 2.75) is 31.3 Å². The fraction of sp³-hybridized carbons (Fsp3) is 0.185. The summed E-state index contributed by atoms with van der Waals surface area (Å²) in [6.07, 6.45) is 2.95. The number of amides is 1. The Hall–Kier alpha value is -3.71. The molecule has 1 unspecified atom stereocenters. The number of aryl methyl sites for hydroxylation is 1. The van der Waals surface area contributed by atoms with Crippen LogP contribution in [0.2, 0.25) is 0 Å². The van der Waals surface area contributed by atoms with Crippen LogP contribution in [0.25, 0.3) is 11.3 Å². The molecule has 1 heterocycles. The van der Waals surface area contributed by atoms with E-state index in [9.17, 15) is 13.2 Å². The second-order valence-corrected chi connectivity index (χ2v) is 10.5. The molecule has 0 bridgehead atoms. The lowest BCUT2D eigenvalue weighted by molar-refractivity contribution is 0.0940. The number of nitrogens with one attached hydrogen (secondary N) is 1. The molecule has 0 radical (unpaired) electrons. The minimum absolute atomic E-state index is 0.241. The molecule has 1 aromatic heterocycles. The third-order valence-corrected chi connectivity index (χ3v) is 6.80. The van der Waals surface area contributed by atoms with Crippen molar-refractivity contribution in [2.75, 3.05) is 6.26 Å². The molecular formula is C27H27N3O3S. The average Bonchev–Trinajstić information content (AvgIpc) is 3.23. The Bertz CT molecular complexity index is 1390. The predicted molar refractivity (Wildman–Crippen MR) is 133 cm³/mol. The number of hydrogen-bond donors (Lipinski definition) is 1. The van der Waals surface area contributed by atoms with E-state index >= 15 is 0 Å². The van der Waals surface area contributed by atoms with Crippen molar-refractivity contribution in [3.8, 4) is 11.3 Å². The molecule has 0 aliphatic heterocycles. The third kappa shape index (κ3) is 5.43. The third-order valence-electron chi connectivity index (χ3n) is 5.67. The fourth-order valence-corrected chi connectivity index (χ4v) is 4.36. The minimum Gasteiger partial charge on any atom is -0.345 e. The zero-order chi connectivity index (χ0) is 24.3. The lowest BCUT2D eigenvalue weighted by atomic mass is 10.0. The highest BCUT2D eigenvalue weighted by molar-refractivity contribution is 7.90. The molecular weight excluding hydrogens is 446 g/mol. The van der Waals surface area contributed by atoms with Gasteiger partial charge in [0, 0.05) is 18.0 Å². The van der Waals surface area contributed by atoms with Crippen LogP contribution >= 0.6 is 0 Å². The van der Waals surface area contributed by atoms with E-state index in [4.69, 9.17) is 5.10 Å². The van der Waals surface area contributed by atoms with Gasteiger partial charge in [0.25, 0.3) is 5.91 Å². The van der Waals surface area contributed by atoms with Gasteiger partial charge in [0.15, 0.2) is 9.84 Å². The number of hydrogen-bond acceptors (Lipinski definition) is 4. The van der Waals surface area contributed by atoms with E-state index in [1.807, 2.05) is 68.4 Å². The molecule has 0 saturated carbocycles. The van der Waals surface area contributed by atoms with Crippen molar-refractivity contribution in [3.05, 3.63) is 107 Å². The second-order valence-electron chi connectivity index (χ2n) is 8.48. The quantitative estimate of drug-likeness (QED) is 0.418. The Kier molecular flexibility index (Phi) is 6.65. The summed E-state index contributed by atoms with van der Waals surface area (Å²) in [5.74, 6) is -0.241. The van der Waals surface area contributed by atoms with Crippen LogP contribution in [0.5, 0.6) is 0 Å². The number of nitrogens with zero attached hydrogens (tertiary/aromatic N) is 2. The summed E-state index contributed by atoms with van der Waals surface area (Å²) in [5, 5.41) is 7.76. The van der Waals surface area contributed by atoms with Crippen molar-refractivity contribution in [3.63, 3.8) is 0 Å². The van der Waals surface area contributed by atoms with E-state index in [0.29, 0.717) is 17.8 Å². The summed E-state index contributed by atoms with van der Waals surface area (Å²) in [6, 6.07) is 24.1. The standard InChI is InChI=1S/C27H27N3O3S/c1-19-9-11-23(12-10-19)26-25(18-30(29-26)17-21-7-5-4-6-8-21)27(31)28-20(2)22-13-15-24(16-14-22)34(3,32)33/h4-16,18,20H,17H2,1-3H3,(H,28,31). The largest absolute Gasteiger partial charge is 0.345 e. The van der Waals surface area contributed by atoms with Crippen molar-refractivity contribution in [1.29, 1.82) is 0 Å². The van der Waals surface area contributed by atoms with E-state index in [1.165, 1.54) is 6.26 Å². The first kappa shape index (κ1) is 23.4. The average molecular weight is 474 g/mol. The van der Waals surface area contributed by atoms with Gasteiger partial charge in [-0.2, -0.15) is 5.10 Å². The number of carbonyl (C=O) groups is 1. The minimum atomic E-state index is -3.27. The first-order chi connectivity index (χ1) is 16.2. The highest BCUT2D eigenvalue weighted by atomic mass is 32.2. The van der Waals surface area contributed by atoms with Gasteiger partial charge in [-0.3, -0.25) is 9.48 Å². The number of carbonyl (C=O) groups excluding carboxylic acids is 1. The fourth-order valence-electron chi connectivity index (χ4n) is 3.73. The first-order valence-corrected chi connectivity index (χ1v) is 12.9. The van der Waals surface area contributed by atoms with Crippen LogP contribution in [0.3, 0.4) is 0 Å². The zero-order valence-electron chi connectivity index (χ0n) is 19.4. The summed E-state index contributed by atoms with van der Waals surface area (Å²) in [7, 11) is -3.27. The SMILES string of the molecule is Cc1ccc(-c2nn(Cc3ccccc3)cc2C(=O)NC(C)c2ccc(S(C)(=O)=O)cc2)cc1. The molecule has 7 heteroatoms. The van der Waals surface area contributed by atoms with E-state index in [1.54, 1.807) is 35.1 Å². The maximum absolute atomic E-state index is 13.3. The van der Waals surface area contributed by atoms with Gasteiger partial charge in [0.05, 0.1) is 23.0 Å². The Morgan fingerprint density at radius 2 is 1.62 bits per heavy atom. The number of sulfone groups is 1. The van der Waals surface area contributed by atoms with Gasteiger partial charge in [-0.15, -0.1) is 0 Å². The normalized spacial score (nSPS) is 12.3. The van der Waals surface area contributed by atoms with Gasteiger partial charge >= 0.3 is 0 Å². The molecule has 0 aliphatic carbocycles. The van der Waals surface area contributed by atoms with E-state index in [2.05, 4.69) is 5.32 Å². The van der Waals surface area contributed by atoms with Crippen molar-refractivity contribution in [1.82, 2.24) is 15.1 Å². The lowest BCUT2D eigenvalue weighted by Crippen LogP contribution is -2.26. The molecule has 0 fully saturated rings. The molecule has 34 heavy (non-hydrogen) atoms. The monoisotopic (exact) mass is 473 g/mol. The number of rotatable bonds is 7. The van der Waals surface area contributed by atoms with Gasteiger partial charge in [0.1, 0.15) is 5.69 Å². The van der Waals surface area contributed by atoms with Crippen LogP contribution in [0.15, 0.2) is 90.0 Å². The molecule has 4 aromatic rings. The molecule has 0 spiro atoms. The van der Waals surface area contributed by atoms with Gasteiger partial charge in [-0.05, 0) is 37.1 Å². The smallest absolute Gasteiger partial charge is 0.255 e. The zero-order valence-corrected chi connectivity index (χ0v) is 20.2. The predicted octanol–water partition coefficient (Wildman–Crippen LogP) is 4.80. The van der Waals surface area contributed by atoms with E-state index < -0.39 is 9.84 Å². The molecule has 1 N–H and O–H groups in total. The Balaban J connectivity index is 1.62. The van der Waals surface area contributed by atoms with Crippen LogP contribution in [0, 0.1) is 6.92 Å². The summed E-state index contributed by atoms with van der Waals surface area (Å²) < 4.78 is 25.2. The molecule has 0 aliphatic rings. The topological polar surface area (TPSA) is 81.1 Å². The maximum Gasteiger partial charge on any atom is 0.255 e. The first-order valence-electron chi connectivity index (χ1n) is 11.0. The highest BCUT2D eigenvalue weighted by Crippen LogP contribution is 2.24. The molecule has 1 amide bonds. The van der Waals surface area contributed by atoms with Crippen LogP contribution in [-0.2, 0) is 16.4 Å². The Labute approximate surface area is 200 Å². The summed E-state index contributed by atoms with van der Waals surface area (Å²) in [6.45, 7) is 4.44.